The third-order valence-electron chi connectivity index (χ3n) is 5.75. The molecule has 0 heterocycles. The van der Waals surface area contributed by atoms with Gasteiger partial charge >= 0.3 is 5.97 Å². The smallest absolute Gasteiger partial charge is 0.302 e. The highest BCUT2D eigenvalue weighted by Crippen LogP contribution is 2.52. The van der Waals surface area contributed by atoms with Crippen molar-refractivity contribution in [1.29, 1.82) is 0 Å². The van der Waals surface area contributed by atoms with E-state index in [0.717, 1.165) is 56.9 Å². The lowest BCUT2D eigenvalue weighted by molar-refractivity contribution is -0.148. The Balaban J connectivity index is 1.82. The van der Waals surface area contributed by atoms with Gasteiger partial charge in [0, 0.05) is 13.3 Å². The van der Waals surface area contributed by atoms with Crippen LogP contribution in [0.2, 0.25) is 0 Å². The fourth-order valence-corrected chi connectivity index (χ4v) is 5.02. The summed E-state index contributed by atoms with van der Waals surface area (Å²) in [5, 5.41) is 0. The van der Waals surface area contributed by atoms with E-state index >= 15 is 0 Å². The highest BCUT2D eigenvalue weighted by Gasteiger charge is 2.47. The Morgan fingerprint density at radius 1 is 1.14 bits per heavy atom. The lowest BCUT2D eigenvalue weighted by Crippen LogP contribution is -2.35. The van der Waals surface area contributed by atoms with E-state index < -0.39 is 0 Å². The molecule has 3 aliphatic rings. The van der Waals surface area contributed by atoms with Crippen LogP contribution >= 0.6 is 0 Å². The van der Waals surface area contributed by atoms with Gasteiger partial charge in [0.05, 0.1) is 0 Å². The van der Waals surface area contributed by atoms with E-state index in [1.54, 1.807) is 0 Å². The van der Waals surface area contributed by atoms with Crippen LogP contribution in [0.15, 0.2) is 11.1 Å². The van der Waals surface area contributed by atoms with E-state index in [0.29, 0.717) is 23.5 Å². The summed E-state index contributed by atoms with van der Waals surface area (Å²) in [6, 6.07) is 0. The minimum Gasteiger partial charge on any atom is -0.462 e. The molecule has 0 aromatic carbocycles. The van der Waals surface area contributed by atoms with Gasteiger partial charge in [-0.1, -0.05) is 18.9 Å². The predicted molar refractivity (Wildman–Crippen MR) is 80.7 cm³/mol. The molecule has 0 amide bonds. The summed E-state index contributed by atoms with van der Waals surface area (Å²) in [7, 11) is 0. The molecule has 0 aromatic heterocycles. The van der Waals surface area contributed by atoms with Crippen molar-refractivity contribution in [3.8, 4) is 0 Å². The second kappa shape index (κ2) is 5.94. The molecule has 0 spiro atoms. The van der Waals surface area contributed by atoms with Crippen LogP contribution in [0.3, 0.4) is 0 Å². The normalized spacial score (nSPS) is 35.4. The summed E-state index contributed by atoms with van der Waals surface area (Å²) in [6.45, 7) is 3.67. The van der Waals surface area contributed by atoms with Crippen molar-refractivity contribution in [3.63, 3.8) is 0 Å². The van der Waals surface area contributed by atoms with Crippen molar-refractivity contribution >= 4 is 11.8 Å². The average molecular weight is 290 g/mol. The quantitative estimate of drug-likeness (QED) is 0.742. The van der Waals surface area contributed by atoms with Crippen LogP contribution in [0, 0.1) is 17.8 Å². The summed E-state index contributed by atoms with van der Waals surface area (Å²) >= 11 is 0. The van der Waals surface area contributed by atoms with E-state index in [2.05, 4.69) is 6.92 Å². The van der Waals surface area contributed by atoms with Gasteiger partial charge in [0.1, 0.15) is 6.10 Å². The number of hydrogen-bond donors (Lipinski definition) is 0. The first-order chi connectivity index (χ1) is 10.1. The van der Waals surface area contributed by atoms with Crippen LogP contribution < -0.4 is 0 Å². The highest BCUT2D eigenvalue weighted by atomic mass is 16.5. The number of carbonyl (C=O) groups excluding carboxylic acids is 2. The third kappa shape index (κ3) is 2.67. The SMILES string of the molecule is CCCC1=C2CCC3C(CC[C@@H]3OC(C)=O)C2CCC1=O. The number of fused-ring (bicyclic) bond motifs is 3. The minimum atomic E-state index is -0.146. The Labute approximate surface area is 127 Å². The van der Waals surface area contributed by atoms with Crippen LogP contribution in [-0.2, 0) is 14.3 Å². The van der Waals surface area contributed by atoms with Crippen molar-refractivity contribution in [1.82, 2.24) is 0 Å². The average Bonchev–Trinajstić information content (AvgIpc) is 2.84. The van der Waals surface area contributed by atoms with E-state index in [1.165, 1.54) is 12.5 Å². The molecule has 0 aliphatic heterocycles. The molecule has 2 saturated carbocycles. The van der Waals surface area contributed by atoms with Crippen LogP contribution in [-0.4, -0.2) is 17.9 Å². The number of esters is 1. The molecule has 3 aliphatic carbocycles. The lowest BCUT2D eigenvalue weighted by Gasteiger charge is -2.41. The molecule has 2 fully saturated rings. The number of ketones is 1. The van der Waals surface area contributed by atoms with Crippen molar-refractivity contribution in [2.24, 2.45) is 17.8 Å². The molecule has 3 nitrogen and oxygen atoms in total. The van der Waals surface area contributed by atoms with Crippen molar-refractivity contribution in [2.45, 2.75) is 71.3 Å². The number of ether oxygens (including phenoxy) is 1. The number of hydrogen-bond acceptors (Lipinski definition) is 3. The van der Waals surface area contributed by atoms with E-state index in [4.69, 9.17) is 4.74 Å². The van der Waals surface area contributed by atoms with Crippen LogP contribution in [0.4, 0.5) is 0 Å². The highest BCUT2D eigenvalue weighted by molar-refractivity contribution is 5.97. The summed E-state index contributed by atoms with van der Waals surface area (Å²) in [5.74, 6) is 2.00. The molecule has 3 heteroatoms. The maximum Gasteiger partial charge on any atom is 0.302 e. The molecule has 0 saturated heterocycles. The first-order valence-electron chi connectivity index (χ1n) is 8.54. The van der Waals surface area contributed by atoms with E-state index in [1.807, 2.05) is 0 Å². The van der Waals surface area contributed by atoms with Gasteiger partial charge in [-0.15, -0.1) is 0 Å². The monoisotopic (exact) mass is 290 g/mol. The maximum absolute atomic E-state index is 12.2. The zero-order valence-electron chi connectivity index (χ0n) is 13.2. The number of allylic oxidation sites excluding steroid dienone is 2. The van der Waals surface area contributed by atoms with Crippen molar-refractivity contribution < 1.29 is 14.3 Å². The van der Waals surface area contributed by atoms with Gasteiger partial charge in [-0.2, -0.15) is 0 Å². The molecule has 0 bridgehead atoms. The topological polar surface area (TPSA) is 43.4 Å². The van der Waals surface area contributed by atoms with Crippen LogP contribution in [0.25, 0.3) is 0 Å². The standard InChI is InChI=1S/C18H26O3/c1-3-4-15-13-5-6-16-14(12(13)7-9-17(15)20)8-10-18(16)21-11(2)19/h12,14,16,18H,3-10H2,1-2H3/t12?,14?,16?,18-/m0/s1. The largest absolute Gasteiger partial charge is 0.462 e. The fourth-order valence-electron chi connectivity index (χ4n) is 5.02. The zero-order valence-corrected chi connectivity index (χ0v) is 13.2. The Kier molecular flexibility index (Phi) is 4.19. The Bertz CT molecular complexity index is 477. The third-order valence-corrected chi connectivity index (χ3v) is 5.75. The Morgan fingerprint density at radius 3 is 2.67 bits per heavy atom. The fraction of sp³-hybridized carbons (Fsp3) is 0.778. The molecule has 0 radical (unpaired) electrons. The Hall–Kier alpha value is -1.12. The van der Waals surface area contributed by atoms with E-state index in [-0.39, 0.29) is 12.1 Å². The zero-order chi connectivity index (χ0) is 15.0. The van der Waals surface area contributed by atoms with Crippen molar-refractivity contribution in [3.05, 3.63) is 11.1 Å². The molecule has 0 aromatic rings. The molecule has 21 heavy (non-hydrogen) atoms. The first kappa shape index (κ1) is 14.8. The lowest BCUT2D eigenvalue weighted by atomic mass is 9.64. The van der Waals surface area contributed by atoms with Gasteiger partial charge < -0.3 is 4.74 Å². The molecule has 3 rings (SSSR count). The molecule has 3 unspecified atom stereocenters. The van der Waals surface area contributed by atoms with Gasteiger partial charge in [-0.05, 0) is 61.9 Å². The maximum atomic E-state index is 12.2. The van der Waals surface area contributed by atoms with Crippen molar-refractivity contribution in [2.75, 3.05) is 0 Å². The van der Waals surface area contributed by atoms with Gasteiger partial charge in [0.15, 0.2) is 5.78 Å². The second-order valence-electron chi connectivity index (χ2n) is 6.91. The number of Topliss-reactive ketones (excluding diaryl/α,β-unsaturated/α-hetero) is 1. The van der Waals surface area contributed by atoms with E-state index in [9.17, 15) is 9.59 Å². The predicted octanol–water partition coefficient (Wildman–Crippen LogP) is 3.81. The van der Waals surface area contributed by atoms with Gasteiger partial charge in [-0.3, -0.25) is 9.59 Å². The molecule has 4 atom stereocenters. The molecular weight excluding hydrogens is 264 g/mol. The van der Waals surface area contributed by atoms with Crippen LogP contribution in [0.5, 0.6) is 0 Å². The van der Waals surface area contributed by atoms with Gasteiger partial charge in [0.2, 0.25) is 0 Å². The number of rotatable bonds is 3. The molecular formula is C18H26O3. The minimum absolute atomic E-state index is 0.126. The first-order valence-corrected chi connectivity index (χ1v) is 8.54. The Morgan fingerprint density at radius 2 is 1.95 bits per heavy atom. The van der Waals surface area contributed by atoms with Crippen LogP contribution in [0.1, 0.15) is 65.2 Å². The summed E-state index contributed by atoms with van der Waals surface area (Å²) in [6.07, 6.45) is 8.19. The summed E-state index contributed by atoms with van der Waals surface area (Å²) in [4.78, 5) is 23.5. The number of carbonyl (C=O) groups is 2. The van der Waals surface area contributed by atoms with Gasteiger partial charge in [0.25, 0.3) is 0 Å². The summed E-state index contributed by atoms with van der Waals surface area (Å²) in [5.41, 5.74) is 2.63. The second-order valence-corrected chi connectivity index (χ2v) is 6.91. The summed E-state index contributed by atoms with van der Waals surface area (Å²) < 4.78 is 5.53. The van der Waals surface area contributed by atoms with Gasteiger partial charge in [-0.25, -0.2) is 0 Å². The molecule has 116 valence electrons. The molecule has 0 N–H and O–H groups in total.